The van der Waals surface area contributed by atoms with E-state index in [0.29, 0.717) is 47.4 Å². The van der Waals surface area contributed by atoms with Gasteiger partial charge in [0, 0.05) is 19.2 Å². The SMILES string of the molecule is CCOc1ccc(OCC)c(NC(=O)c2nc3ccccc3nc2N2CCCCC2)c1. The van der Waals surface area contributed by atoms with Crippen LogP contribution in [0.5, 0.6) is 11.5 Å². The normalized spacial score (nSPS) is 13.8. The Kier molecular flexibility index (Phi) is 6.50. The molecule has 1 amide bonds. The number of rotatable bonds is 7. The van der Waals surface area contributed by atoms with Gasteiger partial charge in [-0.25, -0.2) is 9.97 Å². The second-order valence-electron chi connectivity index (χ2n) is 7.41. The standard InChI is InChI=1S/C24H28N4O3/c1-3-30-17-12-13-21(31-4-2)20(16-17)27-24(29)22-23(28-14-8-5-9-15-28)26-19-11-7-6-10-18(19)25-22/h6-7,10-13,16H,3-5,8-9,14-15H2,1-2H3,(H,27,29). The van der Waals surface area contributed by atoms with Crippen molar-refractivity contribution < 1.29 is 14.3 Å². The molecule has 31 heavy (non-hydrogen) atoms. The molecule has 1 aromatic heterocycles. The van der Waals surface area contributed by atoms with Gasteiger partial charge in [-0.2, -0.15) is 0 Å². The van der Waals surface area contributed by atoms with Crippen LogP contribution in [-0.2, 0) is 0 Å². The van der Waals surface area contributed by atoms with E-state index in [9.17, 15) is 4.79 Å². The van der Waals surface area contributed by atoms with Crippen LogP contribution in [0.1, 0.15) is 43.6 Å². The maximum atomic E-state index is 13.4. The second kappa shape index (κ2) is 9.64. The highest BCUT2D eigenvalue weighted by Gasteiger charge is 2.23. The van der Waals surface area contributed by atoms with Crippen molar-refractivity contribution >= 4 is 28.4 Å². The number of para-hydroxylation sites is 2. The fourth-order valence-electron chi connectivity index (χ4n) is 3.80. The molecule has 1 aliphatic heterocycles. The largest absolute Gasteiger partial charge is 0.494 e. The molecule has 1 N–H and O–H groups in total. The molecule has 0 spiro atoms. The molecule has 0 aliphatic carbocycles. The third kappa shape index (κ3) is 4.71. The van der Waals surface area contributed by atoms with Gasteiger partial charge < -0.3 is 19.7 Å². The number of aromatic nitrogens is 2. The monoisotopic (exact) mass is 420 g/mol. The zero-order valence-corrected chi connectivity index (χ0v) is 18.1. The highest BCUT2D eigenvalue weighted by molar-refractivity contribution is 6.08. The Balaban J connectivity index is 1.72. The Morgan fingerprint density at radius 3 is 2.39 bits per heavy atom. The molecule has 0 radical (unpaired) electrons. The average Bonchev–Trinajstić information content (AvgIpc) is 2.80. The first-order chi connectivity index (χ1) is 15.2. The van der Waals surface area contributed by atoms with Crippen LogP contribution in [0.15, 0.2) is 42.5 Å². The van der Waals surface area contributed by atoms with Gasteiger partial charge in [-0.3, -0.25) is 4.79 Å². The van der Waals surface area contributed by atoms with Gasteiger partial charge in [-0.05, 0) is 57.4 Å². The van der Waals surface area contributed by atoms with Crippen molar-refractivity contribution in [1.29, 1.82) is 0 Å². The summed E-state index contributed by atoms with van der Waals surface area (Å²) in [7, 11) is 0. The lowest BCUT2D eigenvalue weighted by molar-refractivity contribution is 0.102. The lowest BCUT2D eigenvalue weighted by atomic mass is 10.1. The molecule has 1 fully saturated rings. The number of nitrogens with zero attached hydrogens (tertiary/aromatic N) is 3. The van der Waals surface area contributed by atoms with Crippen molar-refractivity contribution in [2.24, 2.45) is 0 Å². The number of hydrogen-bond donors (Lipinski definition) is 1. The Bertz CT molecular complexity index is 1060. The van der Waals surface area contributed by atoms with Crippen LogP contribution in [0, 0.1) is 0 Å². The van der Waals surface area contributed by atoms with E-state index >= 15 is 0 Å². The number of piperidine rings is 1. The van der Waals surface area contributed by atoms with Crippen molar-refractivity contribution in [3.05, 3.63) is 48.2 Å². The summed E-state index contributed by atoms with van der Waals surface area (Å²) in [6.45, 7) is 6.60. The highest BCUT2D eigenvalue weighted by atomic mass is 16.5. The van der Waals surface area contributed by atoms with Crippen LogP contribution in [-0.4, -0.2) is 42.2 Å². The van der Waals surface area contributed by atoms with Gasteiger partial charge in [0.05, 0.1) is 29.9 Å². The Hall–Kier alpha value is -3.35. The first-order valence-corrected chi connectivity index (χ1v) is 10.9. The summed E-state index contributed by atoms with van der Waals surface area (Å²) in [6, 6.07) is 13.1. The Labute approximate surface area is 182 Å². The zero-order chi connectivity index (χ0) is 21.6. The van der Waals surface area contributed by atoms with Gasteiger partial charge in [-0.15, -0.1) is 0 Å². The summed E-state index contributed by atoms with van der Waals surface area (Å²) in [5.41, 5.74) is 2.36. The lowest BCUT2D eigenvalue weighted by Crippen LogP contribution is -2.33. The van der Waals surface area contributed by atoms with E-state index in [1.54, 1.807) is 6.07 Å². The number of carbonyl (C=O) groups is 1. The van der Waals surface area contributed by atoms with Gasteiger partial charge in [0.15, 0.2) is 11.5 Å². The number of hydrogen-bond acceptors (Lipinski definition) is 6. The number of nitrogens with one attached hydrogen (secondary N) is 1. The van der Waals surface area contributed by atoms with Gasteiger partial charge in [0.1, 0.15) is 11.5 Å². The van der Waals surface area contributed by atoms with Crippen LogP contribution in [0.4, 0.5) is 11.5 Å². The minimum Gasteiger partial charge on any atom is -0.494 e. The number of amides is 1. The molecular weight excluding hydrogens is 392 g/mol. The van der Waals surface area contributed by atoms with Crippen molar-refractivity contribution in [2.45, 2.75) is 33.1 Å². The van der Waals surface area contributed by atoms with Crippen LogP contribution in [0.3, 0.4) is 0 Å². The number of carbonyl (C=O) groups excluding carboxylic acids is 1. The summed E-state index contributed by atoms with van der Waals surface area (Å²) < 4.78 is 11.3. The van der Waals surface area contributed by atoms with Crippen molar-refractivity contribution in [1.82, 2.24) is 9.97 Å². The topological polar surface area (TPSA) is 76.6 Å². The van der Waals surface area contributed by atoms with Crippen molar-refractivity contribution in [3.63, 3.8) is 0 Å². The Morgan fingerprint density at radius 2 is 1.68 bits per heavy atom. The van der Waals surface area contributed by atoms with Crippen LogP contribution >= 0.6 is 0 Å². The molecule has 0 bridgehead atoms. The summed E-state index contributed by atoms with van der Waals surface area (Å²) >= 11 is 0. The second-order valence-corrected chi connectivity index (χ2v) is 7.41. The minimum atomic E-state index is -0.312. The lowest BCUT2D eigenvalue weighted by Gasteiger charge is -2.29. The predicted molar refractivity (Wildman–Crippen MR) is 122 cm³/mol. The number of ether oxygens (including phenoxy) is 2. The molecule has 7 nitrogen and oxygen atoms in total. The summed E-state index contributed by atoms with van der Waals surface area (Å²) in [6.07, 6.45) is 3.36. The summed E-state index contributed by atoms with van der Waals surface area (Å²) in [5, 5.41) is 2.98. The van der Waals surface area contributed by atoms with Crippen LogP contribution in [0.25, 0.3) is 11.0 Å². The maximum Gasteiger partial charge on any atom is 0.278 e. The molecule has 1 saturated heterocycles. The van der Waals surface area contributed by atoms with E-state index in [-0.39, 0.29) is 5.91 Å². The van der Waals surface area contributed by atoms with Crippen molar-refractivity contribution in [2.75, 3.05) is 36.5 Å². The molecule has 4 rings (SSSR count). The molecule has 0 saturated carbocycles. The molecule has 1 aliphatic rings. The van der Waals surface area contributed by atoms with Gasteiger partial charge >= 0.3 is 0 Å². The molecule has 3 aromatic rings. The minimum absolute atomic E-state index is 0.312. The van der Waals surface area contributed by atoms with Crippen LogP contribution in [0.2, 0.25) is 0 Å². The molecule has 2 heterocycles. The molecule has 2 aromatic carbocycles. The van der Waals surface area contributed by atoms with E-state index < -0.39 is 0 Å². The first kappa shape index (κ1) is 20.9. The summed E-state index contributed by atoms with van der Waals surface area (Å²) in [5.74, 6) is 1.58. The van der Waals surface area contributed by atoms with E-state index in [0.717, 1.165) is 31.4 Å². The fourth-order valence-corrected chi connectivity index (χ4v) is 3.80. The quantitative estimate of drug-likeness (QED) is 0.599. The van der Waals surface area contributed by atoms with E-state index in [1.807, 2.05) is 50.2 Å². The van der Waals surface area contributed by atoms with Crippen molar-refractivity contribution in [3.8, 4) is 11.5 Å². The van der Waals surface area contributed by atoms with E-state index in [2.05, 4.69) is 10.2 Å². The van der Waals surface area contributed by atoms with E-state index in [4.69, 9.17) is 19.4 Å². The average molecular weight is 421 g/mol. The van der Waals surface area contributed by atoms with Crippen LogP contribution < -0.4 is 19.7 Å². The third-order valence-corrected chi connectivity index (χ3v) is 5.23. The molecule has 0 unspecified atom stereocenters. The summed E-state index contributed by atoms with van der Waals surface area (Å²) in [4.78, 5) is 25.1. The zero-order valence-electron chi connectivity index (χ0n) is 18.1. The molecule has 162 valence electrons. The van der Waals surface area contributed by atoms with Gasteiger partial charge in [0.25, 0.3) is 5.91 Å². The fraction of sp³-hybridized carbons (Fsp3) is 0.375. The smallest absolute Gasteiger partial charge is 0.278 e. The highest BCUT2D eigenvalue weighted by Crippen LogP contribution is 2.31. The molecular formula is C24H28N4O3. The Morgan fingerprint density at radius 1 is 0.968 bits per heavy atom. The predicted octanol–water partition coefficient (Wildman–Crippen LogP) is 4.67. The first-order valence-electron chi connectivity index (χ1n) is 10.9. The number of anilines is 2. The maximum absolute atomic E-state index is 13.4. The molecule has 0 atom stereocenters. The van der Waals surface area contributed by atoms with E-state index in [1.165, 1.54) is 6.42 Å². The number of benzene rings is 2. The molecule has 7 heteroatoms. The van der Waals surface area contributed by atoms with Gasteiger partial charge in [-0.1, -0.05) is 12.1 Å². The third-order valence-electron chi connectivity index (χ3n) is 5.23. The number of fused-ring (bicyclic) bond motifs is 1. The van der Waals surface area contributed by atoms with Gasteiger partial charge in [0.2, 0.25) is 0 Å².